The molecule has 0 unspecified atom stereocenters. The number of aliphatic hydroxyl groups excluding tert-OH is 3. The average Bonchev–Trinajstić information content (AvgIpc) is 3.28. The molecule has 406 valence electrons. The first-order valence-corrected chi connectivity index (χ1v) is 23.7. The second-order valence-corrected chi connectivity index (χ2v) is 19.2. The van der Waals surface area contributed by atoms with E-state index in [2.05, 4.69) is 41.9 Å². The van der Waals surface area contributed by atoms with Crippen LogP contribution in [0.4, 0.5) is 4.79 Å². The molecule has 1 rings (SSSR count). The average molecular weight is 1020 g/mol. The Balaban J connectivity index is 3.46. The van der Waals surface area contributed by atoms with E-state index in [9.17, 15) is 63.6 Å². The lowest BCUT2D eigenvalue weighted by molar-refractivity contribution is -0.160. The summed E-state index contributed by atoms with van der Waals surface area (Å²) in [5.74, 6) is -10.7. The van der Waals surface area contributed by atoms with Crippen LogP contribution in [0.25, 0.3) is 0 Å². The van der Waals surface area contributed by atoms with Crippen molar-refractivity contribution in [2.75, 3.05) is 19.7 Å². The standard InChI is InChI=1S/C46H78N12O14/c1-11-25(6)33(40(66)56-34(26(7)60)39(65)52-21-32(61)58(31(22-59)43(69)70)42(68)28(47)19-27-14-12-16-50-20-27)55-37(63)29(15-13-17-51-44(48)49)53-38(64)30(18-23(2)3)54-41(67)35(36(62)24(4)5)57-45(71)72-46(8,9)10/h12,14,16,20,23-26,28-31,33-36,59-60,62H,11,13,15,17-19,21-22,47H2,1-10H3,(H,52,65)(H,53,64)(H,54,67)(H,55,63)(H,56,66)(H,57,71)(H,69,70)(H4,48,49,51)/t25-,26-,28-,29+,30-,31-,33-,34-,35-,36+/m0/s1. The van der Waals surface area contributed by atoms with Gasteiger partial charge in [-0.1, -0.05) is 54.0 Å². The number of alkyl carbamates (subject to hydrolysis) is 1. The van der Waals surface area contributed by atoms with Gasteiger partial charge in [-0.05, 0) is 82.8 Å². The number of carbonyl (C=O) groups excluding carboxylic acids is 8. The number of pyridine rings is 1. The zero-order chi connectivity index (χ0) is 55.2. The molecule has 0 saturated carbocycles. The summed E-state index contributed by atoms with van der Waals surface area (Å²) in [5, 5.41) is 56.0. The number of aliphatic imine (C=N–C) groups is 1. The number of aromatic nitrogens is 1. The molecule has 26 heteroatoms. The monoisotopic (exact) mass is 1020 g/mol. The molecule has 1 aromatic heterocycles. The highest BCUT2D eigenvalue weighted by atomic mass is 16.6. The summed E-state index contributed by atoms with van der Waals surface area (Å²) in [6, 6.07) is -7.97. The van der Waals surface area contributed by atoms with Gasteiger partial charge in [0.1, 0.15) is 35.8 Å². The molecule has 0 fully saturated rings. The molecule has 0 saturated heterocycles. The number of guanidine groups is 1. The fraction of sp³-hybridized carbons (Fsp3) is 0.674. The Morgan fingerprint density at radius 2 is 1.40 bits per heavy atom. The van der Waals surface area contributed by atoms with Crippen molar-refractivity contribution in [1.82, 2.24) is 41.8 Å². The number of nitrogens with zero attached hydrogens (tertiary/aromatic N) is 3. The van der Waals surface area contributed by atoms with Crippen LogP contribution in [-0.4, -0.2) is 169 Å². The summed E-state index contributed by atoms with van der Waals surface area (Å²) >= 11 is 0. The van der Waals surface area contributed by atoms with Crippen LogP contribution in [-0.2, 0) is 49.5 Å². The summed E-state index contributed by atoms with van der Waals surface area (Å²) < 4.78 is 5.29. The van der Waals surface area contributed by atoms with Gasteiger partial charge in [0.15, 0.2) is 12.0 Å². The van der Waals surface area contributed by atoms with Gasteiger partial charge in [-0.2, -0.15) is 0 Å². The quantitative estimate of drug-likeness (QED) is 0.0220. The van der Waals surface area contributed by atoms with Gasteiger partial charge in [-0.25, -0.2) is 9.59 Å². The van der Waals surface area contributed by atoms with E-state index in [1.165, 1.54) is 12.4 Å². The van der Waals surface area contributed by atoms with Gasteiger partial charge in [0, 0.05) is 18.9 Å². The smallest absolute Gasteiger partial charge is 0.408 e. The predicted molar refractivity (Wildman–Crippen MR) is 262 cm³/mol. The number of carboxylic acid groups (broad SMARTS) is 1. The first kappa shape index (κ1) is 63.5. The van der Waals surface area contributed by atoms with Crippen LogP contribution >= 0.6 is 0 Å². The summed E-state index contributed by atoms with van der Waals surface area (Å²) in [4.78, 5) is 129. The molecule has 0 aromatic carbocycles. The maximum atomic E-state index is 14.2. The summed E-state index contributed by atoms with van der Waals surface area (Å²) in [6.45, 7) is 13.8. The van der Waals surface area contributed by atoms with Crippen molar-refractivity contribution in [3.05, 3.63) is 30.1 Å². The van der Waals surface area contributed by atoms with E-state index in [1.807, 2.05) is 0 Å². The number of nitrogens with two attached hydrogens (primary N) is 3. The van der Waals surface area contributed by atoms with Gasteiger partial charge in [-0.15, -0.1) is 0 Å². The molecule has 72 heavy (non-hydrogen) atoms. The minimum Gasteiger partial charge on any atom is -0.480 e. The third-order valence-electron chi connectivity index (χ3n) is 10.9. The number of aliphatic hydroxyl groups is 3. The number of nitrogens with one attached hydrogen (secondary N) is 6. The molecule has 0 spiro atoms. The molecule has 0 bridgehead atoms. The number of imide groups is 1. The summed E-state index contributed by atoms with van der Waals surface area (Å²) in [7, 11) is 0. The van der Waals surface area contributed by atoms with Crippen LogP contribution in [0.3, 0.4) is 0 Å². The topological polar surface area (TPSA) is 423 Å². The fourth-order valence-corrected chi connectivity index (χ4v) is 6.86. The van der Waals surface area contributed by atoms with E-state index in [0.717, 1.165) is 6.92 Å². The highest BCUT2D eigenvalue weighted by Crippen LogP contribution is 2.15. The van der Waals surface area contributed by atoms with Crippen LogP contribution < -0.4 is 49.1 Å². The zero-order valence-corrected chi connectivity index (χ0v) is 42.8. The van der Waals surface area contributed by atoms with Gasteiger partial charge in [0.05, 0.1) is 31.4 Å². The Labute approximate surface area is 419 Å². The van der Waals surface area contributed by atoms with Crippen LogP contribution in [0.5, 0.6) is 0 Å². The maximum Gasteiger partial charge on any atom is 0.408 e. The van der Waals surface area contributed by atoms with E-state index in [1.54, 1.807) is 74.4 Å². The molecule has 0 aliphatic rings. The van der Waals surface area contributed by atoms with Gasteiger partial charge in [0.25, 0.3) is 0 Å². The number of carboxylic acids is 1. The molecular weight excluding hydrogens is 945 g/mol. The minimum absolute atomic E-state index is 0.0172. The van der Waals surface area contributed by atoms with Gasteiger partial charge >= 0.3 is 12.1 Å². The number of aliphatic carboxylic acids is 1. The normalized spacial score (nSPS) is 15.6. The van der Waals surface area contributed by atoms with Crippen LogP contribution in [0.2, 0.25) is 0 Å². The number of carbonyl (C=O) groups is 9. The maximum absolute atomic E-state index is 14.2. The number of rotatable bonds is 29. The Hall–Kier alpha value is -6.51. The van der Waals surface area contributed by atoms with Crippen molar-refractivity contribution in [3.8, 4) is 0 Å². The first-order chi connectivity index (χ1) is 33.4. The van der Waals surface area contributed by atoms with Crippen molar-refractivity contribution in [2.24, 2.45) is 39.9 Å². The Morgan fingerprint density at radius 3 is 1.90 bits per heavy atom. The minimum atomic E-state index is -2.10. The SMILES string of the molecule is CC[C@H](C)[C@H](NC(=O)[C@@H](CCCN=C(N)N)NC(=O)[C@H](CC(C)C)NC(=O)[C@@H](NC(=O)OC(C)(C)C)[C@H](O)C(C)C)C(=O)N[C@H](C(=O)NCC(=O)N(C(=O)[C@@H](N)Cc1cccnc1)[C@@H](CO)C(=O)O)[C@H](C)O. The third kappa shape index (κ3) is 21.9. The lowest BCUT2D eigenvalue weighted by atomic mass is 9.96. The van der Waals surface area contributed by atoms with E-state index < -0.39 is 139 Å². The lowest BCUT2D eigenvalue weighted by Crippen LogP contribution is -2.62. The Bertz CT molecular complexity index is 2010. The number of ether oxygens (including phenoxy) is 1. The predicted octanol–water partition coefficient (Wildman–Crippen LogP) is -2.76. The lowest BCUT2D eigenvalue weighted by Gasteiger charge is -2.31. The molecule has 0 aliphatic heterocycles. The fourth-order valence-electron chi connectivity index (χ4n) is 6.86. The molecule has 1 aromatic rings. The second-order valence-electron chi connectivity index (χ2n) is 19.2. The van der Waals surface area contributed by atoms with Crippen molar-refractivity contribution in [2.45, 2.75) is 161 Å². The largest absolute Gasteiger partial charge is 0.480 e. The second kappa shape index (κ2) is 30.4. The summed E-state index contributed by atoms with van der Waals surface area (Å²) in [6.07, 6.45) is -1.07. The Kier molecular flexibility index (Phi) is 26.8. The van der Waals surface area contributed by atoms with Crippen molar-refractivity contribution < 1.29 is 68.3 Å². The first-order valence-electron chi connectivity index (χ1n) is 23.7. The van der Waals surface area contributed by atoms with Crippen molar-refractivity contribution in [3.63, 3.8) is 0 Å². The van der Waals surface area contributed by atoms with Gasteiger partial charge in [0.2, 0.25) is 41.4 Å². The number of hydrogen-bond acceptors (Lipinski definition) is 16. The zero-order valence-electron chi connectivity index (χ0n) is 42.8. The summed E-state index contributed by atoms with van der Waals surface area (Å²) in [5.41, 5.74) is 16.5. The van der Waals surface area contributed by atoms with E-state index in [0.29, 0.717) is 5.56 Å². The van der Waals surface area contributed by atoms with E-state index in [4.69, 9.17) is 21.9 Å². The molecule has 0 radical (unpaired) electrons. The third-order valence-corrected chi connectivity index (χ3v) is 10.9. The number of amides is 8. The molecule has 10 atom stereocenters. The molecule has 26 nitrogen and oxygen atoms in total. The number of hydrogen-bond donors (Lipinski definition) is 13. The van der Waals surface area contributed by atoms with E-state index >= 15 is 0 Å². The van der Waals surface area contributed by atoms with Crippen molar-refractivity contribution in [1.29, 1.82) is 0 Å². The van der Waals surface area contributed by atoms with E-state index in [-0.39, 0.29) is 55.4 Å². The highest BCUT2D eigenvalue weighted by molar-refractivity contribution is 6.03. The highest BCUT2D eigenvalue weighted by Gasteiger charge is 2.40. The van der Waals surface area contributed by atoms with Gasteiger partial charge in [-0.3, -0.25) is 48.4 Å². The van der Waals surface area contributed by atoms with Crippen molar-refractivity contribution >= 4 is 59.4 Å². The van der Waals surface area contributed by atoms with Gasteiger partial charge < -0.3 is 74.3 Å². The van der Waals surface area contributed by atoms with Crippen LogP contribution in [0.15, 0.2) is 29.5 Å². The molecule has 8 amide bonds. The Morgan fingerprint density at radius 1 is 0.819 bits per heavy atom. The van der Waals surface area contributed by atoms with Crippen LogP contribution in [0, 0.1) is 17.8 Å². The molecule has 0 aliphatic carbocycles. The van der Waals surface area contributed by atoms with Crippen LogP contribution in [0.1, 0.15) is 100 Å². The molecular formula is C46H78N12O14. The molecule has 1 heterocycles. The molecule has 16 N–H and O–H groups in total.